The summed E-state index contributed by atoms with van der Waals surface area (Å²) in [6, 6.07) is 10.2. The van der Waals surface area contributed by atoms with Crippen LogP contribution in [0.2, 0.25) is 5.02 Å². The molecule has 1 N–H and O–H groups in total. The number of hydrogen-bond donors (Lipinski definition) is 1. The second kappa shape index (κ2) is 5.39. The van der Waals surface area contributed by atoms with Crippen molar-refractivity contribution in [1.29, 1.82) is 0 Å². The molecule has 0 amide bonds. The molecular formula is C14H16ClNO. The third-order valence-corrected chi connectivity index (χ3v) is 2.79. The quantitative estimate of drug-likeness (QED) is 0.883. The molecule has 0 saturated heterocycles. The molecule has 0 aliphatic carbocycles. The predicted octanol–water partition coefficient (Wildman–Crippen LogP) is 4.10. The second-order valence-electron chi connectivity index (χ2n) is 4.31. The second-order valence-corrected chi connectivity index (χ2v) is 4.75. The van der Waals surface area contributed by atoms with E-state index in [0.717, 1.165) is 28.5 Å². The van der Waals surface area contributed by atoms with Crippen LogP contribution in [0.3, 0.4) is 0 Å². The van der Waals surface area contributed by atoms with Crippen molar-refractivity contribution in [2.45, 2.75) is 26.4 Å². The first kappa shape index (κ1) is 12.2. The van der Waals surface area contributed by atoms with Crippen molar-refractivity contribution in [2.75, 3.05) is 0 Å². The highest BCUT2D eigenvalue weighted by atomic mass is 35.5. The van der Waals surface area contributed by atoms with Crippen molar-refractivity contribution in [3.8, 4) is 11.3 Å². The fourth-order valence-corrected chi connectivity index (χ4v) is 1.89. The van der Waals surface area contributed by atoms with Crippen molar-refractivity contribution in [3.63, 3.8) is 0 Å². The van der Waals surface area contributed by atoms with E-state index in [2.05, 4.69) is 19.2 Å². The molecule has 2 rings (SSSR count). The smallest absolute Gasteiger partial charge is 0.134 e. The molecule has 17 heavy (non-hydrogen) atoms. The van der Waals surface area contributed by atoms with Gasteiger partial charge in [-0.3, -0.25) is 0 Å². The molecule has 90 valence electrons. The molecule has 1 aromatic carbocycles. The van der Waals surface area contributed by atoms with E-state index in [0.29, 0.717) is 6.04 Å². The highest BCUT2D eigenvalue weighted by Crippen LogP contribution is 2.26. The topological polar surface area (TPSA) is 25.2 Å². The zero-order chi connectivity index (χ0) is 12.3. The molecule has 2 aromatic rings. The number of hydrogen-bond acceptors (Lipinski definition) is 2. The van der Waals surface area contributed by atoms with E-state index in [-0.39, 0.29) is 0 Å². The van der Waals surface area contributed by atoms with Crippen molar-refractivity contribution in [3.05, 3.63) is 47.2 Å². The van der Waals surface area contributed by atoms with Gasteiger partial charge in [0.2, 0.25) is 0 Å². The highest BCUT2D eigenvalue weighted by molar-refractivity contribution is 6.30. The molecule has 0 bridgehead atoms. The van der Waals surface area contributed by atoms with E-state index in [1.807, 2.05) is 30.3 Å². The van der Waals surface area contributed by atoms with Crippen LogP contribution in [0.1, 0.15) is 19.4 Å². The molecular weight excluding hydrogens is 234 g/mol. The van der Waals surface area contributed by atoms with Crippen molar-refractivity contribution in [1.82, 2.24) is 5.32 Å². The van der Waals surface area contributed by atoms with Crippen LogP contribution in [0.4, 0.5) is 0 Å². The van der Waals surface area contributed by atoms with E-state index in [1.54, 1.807) is 6.26 Å². The average molecular weight is 250 g/mol. The van der Waals surface area contributed by atoms with Crippen molar-refractivity contribution >= 4 is 11.6 Å². The molecule has 1 aromatic heterocycles. The molecule has 0 radical (unpaired) electrons. The Bertz CT molecular complexity index is 477. The first-order valence-electron chi connectivity index (χ1n) is 5.72. The standard InChI is InChI=1S/C14H16ClNO/c1-10(2)16-9-11-8-12(15)5-6-13(11)14-4-3-7-17-14/h3-8,10,16H,9H2,1-2H3. The van der Waals surface area contributed by atoms with Gasteiger partial charge in [0.05, 0.1) is 6.26 Å². The number of rotatable bonds is 4. The van der Waals surface area contributed by atoms with Crippen LogP contribution >= 0.6 is 11.6 Å². The van der Waals surface area contributed by atoms with Gasteiger partial charge in [-0.25, -0.2) is 0 Å². The summed E-state index contributed by atoms with van der Waals surface area (Å²) in [7, 11) is 0. The molecule has 2 nitrogen and oxygen atoms in total. The fraction of sp³-hybridized carbons (Fsp3) is 0.286. The number of halogens is 1. The number of nitrogens with one attached hydrogen (secondary N) is 1. The van der Waals surface area contributed by atoms with Gasteiger partial charge in [-0.05, 0) is 35.9 Å². The van der Waals surface area contributed by atoms with E-state index in [9.17, 15) is 0 Å². The third-order valence-electron chi connectivity index (χ3n) is 2.55. The maximum Gasteiger partial charge on any atom is 0.134 e. The maximum atomic E-state index is 6.04. The van der Waals surface area contributed by atoms with Crippen molar-refractivity contribution < 1.29 is 4.42 Å². The Labute approximate surface area is 107 Å². The minimum Gasteiger partial charge on any atom is -0.464 e. The Morgan fingerprint density at radius 2 is 2.12 bits per heavy atom. The Kier molecular flexibility index (Phi) is 3.87. The average Bonchev–Trinajstić information content (AvgIpc) is 2.80. The molecule has 0 fully saturated rings. The Hall–Kier alpha value is -1.25. The van der Waals surface area contributed by atoms with E-state index in [4.69, 9.17) is 16.0 Å². The molecule has 0 atom stereocenters. The van der Waals surface area contributed by atoms with E-state index in [1.165, 1.54) is 0 Å². The zero-order valence-corrected chi connectivity index (χ0v) is 10.8. The minimum atomic E-state index is 0.443. The van der Waals surface area contributed by atoms with Gasteiger partial charge in [0.1, 0.15) is 5.76 Å². The zero-order valence-electron chi connectivity index (χ0n) is 10.0. The normalized spacial score (nSPS) is 11.1. The van der Waals surface area contributed by atoms with Gasteiger partial charge >= 0.3 is 0 Å². The molecule has 3 heteroatoms. The van der Waals surface area contributed by atoms with Gasteiger partial charge in [-0.15, -0.1) is 0 Å². The lowest BCUT2D eigenvalue weighted by molar-refractivity contribution is 0.573. The minimum absolute atomic E-state index is 0.443. The lowest BCUT2D eigenvalue weighted by Gasteiger charge is -2.11. The largest absolute Gasteiger partial charge is 0.464 e. The van der Waals surface area contributed by atoms with Gasteiger partial charge in [0.25, 0.3) is 0 Å². The van der Waals surface area contributed by atoms with Crippen LogP contribution in [0.15, 0.2) is 41.0 Å². The molecule has 1 heterocycles. The Balaban J connectivity index is 2.31. The number of furan rings is 1. The molecule has 0 unspecified atom stereocenters. The van der Waals surface area contributed by atoms with Gasteiger partial charge in [-0.2, -0.15) is 0 Å². The number of benzene rings is 1. The van der Waals surface area contributed by atoms with Crippen LogP contribution in [0, 0.1) is 0 Å². The fourth-order valence-electron chi connectivity index (χ4n) is 1.69. The summed E-state index contributed by atoms with van der Waals surface area (Å²) in [6.45, 7) is 5.03. The summed E-state index contributed by atoms with van der Waals surface area (Å²) in [5.74, 6) is 0.877. The third kappa shape index (κ3) is 3.11. The maximum absolute atomic E-state index is 6.04. The lowest BCUT2D eigenvalue weighted by atomic mass is 10.1. The van der Waals surface area contributed by atoms with Crippen LogP contribution in [0.5, 0.6) is 0 Å². The molecule has 0 aliphatic heterocycles. The highest BCUT2D eigenvalue weighted by Gasteiger charge is 2.08. The van der Waals surface area contributed by atoms with Crippen LogP contribution in [-0.4, -0.2) is 6.04 Å². The Morgan fingerprint density at radius 3 is 2.76 bits per heavy atom. The molecule has 0 aliphatic rings. The van der Waals surface area contributed by atoms with Crippen molar-refractivity contribution in [2.24, 2.45) is 0 Å². The van der Waals surface area contributed by atoms with Crippen LogP contribution in [-0.2, 0) is 6.54 Å². The summed E-state index contributed by atoms with van der Waals surface area (Å²) in [6.07, 6.45) is 1.68. The first-order valence-corrected chi connectivity index (χ1v) is 6.10. The SMILES string of the molecule is CC(C)NCc1cc(Cl)ccc1-c1ccco1. The summed E-state index contributed by atoms with van der Waals surface area (Å²) in [5.41, 5.74) is 2.24. The van der Waals surface area contributed by atoms with Crippen LogP contribution < -0.4 is 5.32 Å². The monoisotopic (exact) mass is 249 g/mol. The Morgan fingerprint density at radius 1 is 1.29 bits per heavy atom. The van der Waals surface area contributed by atoms with Gasteiger partial charge in [0, 0.05) is 23.2 Å². The predicted molar refractivity (Wildman–Crippen MR) is 71.1 cm³/mol. The van der Waals surface area contributed by atoms with Gasteiger partial charge in [0.15, 0.2) is 0 Å². The summed E-state index contributed by atoms with van der Waals surface area (Å²) in [4.78, 5) is 0. The van der Waals surface area contributed by atoms with E-state index < -0.39 is 0 Å². The lowest BCUT2D eigenvalue weighted by Crippen LogP contribution is -2.22. The summed E-state index contributed by atoms with van der Waals surface area (Å²) in [5, 5.41) is 4.14. The summed E-state index contributed by atoms with van der Waals surface area (Å²) < 4.78 is 5.44. The first-order chi connectivity index (χ1) is 8.16. The van der Waals surface area contributed by atoms with Gasteiger partial charge in [-0.1, -0.05) is 25.4 Å². The van der Waals surface area contributed by atoms with Gasteiger partial charge < -0.3 is 9.73 Å². The molecule has 0 saturated carbocycles. The molecule has 0 spiro atoms. The summed E-state index contributed by atoms with van der Waals surface area (Å²) >= 11 is 6.04. The van der Waals surface area contributed by atoms with Crippen LogP contribution in [0.25, 0.3) is 11.3 Å². The van der Waals surface area contributed by atoms with E-state index >= 15 is 0 Å².